The minimum Gasteiger partial charge on any atom is -0.486 e. The summed E-state index contributed by atoms with van der Waals surface area (Å²) in [7, 11) is 0. The first-order valence-corrected chi connectivity index (χ1v) is 14.1. The van der Waals surface area contributed by atoms with E-state index < -0.39 is 12.1 Å². The van der Waals surface area contributed by atoms with Crippen LogP contribution in [0.1, 0.15) is 33.1 Å². The van der Waals surface area contributed by atoms with Crippen LogP contribution in [0.15, 0.2) is 33.0 Å². The number of halogens is 1. The van der Waals surface area contributed by atoms with Crippen LogP contribution in [0, 0.1) is 5.92 Å². The average Bonchev–Trinajstić information content (AvgIpc) is 3.25. The third-order valence-corrected chi connectivity index (χ3v) is 8.67. The molecule has 1 fully saturated rings. The van der Waals surface area contributed by atoms with E-state index in [2.05, 4.69) is 30.5 Å². The molecule has 0 aliphatic carbocycles. The molecule has 0 radical (unpaired) electrons. The van der Waals surface area contributed by atoms with Gasteiger partial charge in [-0.05, 0) is 60.2 Å². The number of carbonyl (C=O) groups excluding carboxylic acids is 2. The van der Waals surface area contributed by atoms with Gasteiger partial charge in [0.05, 0.1) is 0 Å². The van der Waals surface area contributed by atoms with Crippen molar-refractivity contribution < 1.29 is 23.8 Å². The summed E-state index contributed by atoms with van der Waals surface area (Å²) in [4.78, 5) is 39.9. The molecule has 1 aromatic carbocycles. The standard InChI is InChI=1S/C25H29BrN6O5S/c1-14(37-15(2)33)24(34)31-6-3-16(4-7-31)5-8-32-23-21(22(27)28-13-29-23)30-25(32)38-20-12-19-18(11-17(20)26)35-9-10-36-19/h11-14,16H,3-10H2,1-2H3,(H2,27,28,29). The van der Waals surface area contributed by atoms with Crippen LogP contribution < -0.4 is 15.2 Å². The Balaban J connectivity index is 1.30. The van der Waals surface area contributed by atoms with Crippen LogP contribution in [0.25, 0.3) is 11.2 Å². The summed E-state index contributed by atoms with van der Waals surface area (Å²) >= 11 is 5.15. The fraction of sp³-hybridized carbons (Fsp3) is 0.480. The van der Waals surface area contributed by atoms with Crippen molar-refractivity contribution >= 4 is 56.6 Å². The molecule has 1 atom stereocenters. The van der Waals surface area contributed by atoms with Crippen molar-refractivity contribution in [1.29, 1.82) is 0 Å². The third kappa shape index (κ3) is 5.68. The Hall–Kier alpha value is -3.06. The maximum atomic E-state index is 12.6. The average molecular weight is 606 g/mol. The topological polar surface area (TPSA) is 135 Å². The van der Waals surface area contributed by atoms with Crippen molar-refractivity contribution in [1.82, 2.24) is 24.4 Å². The lowest BCUT2D eigenvalue weighted by Gasteiger charge is -2.33. The fourth-order valence-electron chi connectivity index (χ4n) is 4.75. The predicted octanol–water partition coefficient (Wildman–Crippen LogP) is 3.67. The number of nitrogens with zero attached hydrogens (tertiary/aromatic N) is 5. The SMILES string of the molecule is CC(=O)OC(C)C(=O)N1CCC(CCn2c(Sc3cc4c(cc3Br)OCCO4)nc3c(N)ncnc32)CC1. The Labute approximate surface area is 232 Å². The fourth-order valence-corrected chi connectivity index (χ4v) is 6.25. The lowest BCUT2D eigenvalue weighted by molar-refractivity contribution is -0.158. The minimum absolute atomic E-state index is 0.143. The number of hydrogen-bond acceptors (Lipinski definition) is 10. The van der Waals surface area contributed by atoms with Gasteiger partial charge in [0.1, 0.15) is 19.5 Å². The number of rotatable bonds is 7. The Morgan fingerprint density at radius 2 is 1.92 bits per heavy atom. The Bertz CT molecular complexity index is 1360. The van der Waals surface area contributed by atoms with Gasteiger partial charge in [-0.25, -0.2) is 15.0 Å². The van der Waals surface area contributed by atoms with E-state index in [4.69, 9.17) is 24.9 Å². The van der Waals surface area contributed by atoms with Crippen molar-refractivity contribution in [3.8, 4) is 11.5 Å². The molecule has 2 aliphatic heterocycles. The monoisotopic (exact) mass is 604 g/mol. The number of likely N-dealkylation sites (tertiary alicyclic amines) is 1. The van der Waals surface area contributed by atoms with Crippen LogP contribution in [0.3, 0.4) is 0 Å². The van der Waals surface area contributed by atoms with Gasteiger partial charge in [-0.15, -0.1) is 0 Å². The number of anilines is 1. The van der Waals surface area contributed by atoms with Crippen molar-refractivity contribution in [2.24, 2.45) is 5.92 Å². The van der Waals surface area contributed by atoms with Crippen LogP contribution in [-0.2, 0) is 20.9 Å². The highest BCUT2D eigenvalue weighted by Crippen LogP contribution is 2.42. The number of carbonyl (C=O) groups is 2. The molecule has 38 heavy (non-hydrogen) atoms. The first-order chi connectivity index (χ1) is 18.3. The molecule has 4 heterocycles. The summed E-state index contributed by atoms with van der Waals surface area (Å²) in [5, 5.41) is 0.757. The molecule has 202 valence electrons. The number of nitrogen functional groups attached to an aromatic ring is 1. The van der Waals surface area contributed by atoms with Crippen LogP contribution in [0.4, 0.5) is 5.82 Å². The minimum atomic E-state index is -0.758. The molecule has 2 aliphatic rings. The van der Waals surface area contributed by atoms with E-state index in [0.717, 1.165) is 33.8 Å². The second kappa shape index (κ2) is 11.4. The zero-order valence-electron chi connectivity index (χ0n) is 21.2. The van der Waals surface area contributed by atoms with E-state index in [1.165, 1.54) is 25.0 Å². The molecule has 0 bridgehead atoms. The Morgan fingerprint density at radius 3 is 2.63 bits per heavy atom. The second-order valence-electron chi connectivity index (χ2n) is 9.31. The van der Waals surface area contributed by atoms with Gasteiger partial charge in [-0.2, -0.15) is 0 Å². The normalized spacial score (nSPS) is 16.4. The molecule has 1 unspecified atom stereocenters. The highest BCUT2D eigenvalue weighted by molar-refractivity contribution is 9.10. The number of imidazole rings is 1. The highest BCUT2D eigenvalue weighted by atomic mass is 79.9. The lowest BCUT2D eigenvalue weighted by Crippen LogP contribution is -2.44. The lowest BCUT2D eigenvalue weighted by atomic mass is 9.93. The van der Waals surface area contributed by atoms with Gasteiger partial charge in [0.25, 0.3) is 5.91 Å². The molecule has 11 nitrogen and oxygen atoms in total. The summed E-state index contributed by atoms with van der Waals surface area (Å²) in [6.07, 6.45) is 3.34. The smallest absolute Gasteiger partial charge is 0.303 e. The number of aromatic nitrogens is 4. The van der Waals surface area contributed by atoms with E-state index >= 15 is 0 Å². The highest BCUT2D eigenvalue weighted by Gasteiger charge is 2.28. The second-order valence-corrected chi connectivity index (χ2v) is 11.2. The largest absolute Gasteiger partial charge is 0.486 e. The molecule has 2 N–H and O–H groups in total. The molecule has 0 spiro atoms. The summed E-state index contributed by atoms with van der Waals surface area (Å²) in [6, 6.07) is 3.86. The third-order valence-electron chi connectivity index (χ3n) is 6.70. The van der Waals surface area contributed by atoms with Crippen molar-refractivity contribution in [3.05, 3.63) is 22.9 Å². The Kier molecular flexibility index (Phi) is 7.93. The van der Waals surface area contributed by atoms with Gasteiger partial charge < -0.3 is 29.4 Å². The Morgan fingerprint density at radius 1 is 1.21 bits per heavy atom. The van der Waals surface area contributed by atoms with Crippen LogP contribution in [-0.4, -0.2) is 68.7 Å². The zero-order valence-corrected chi connectivity index (χ0v) is 23.6. The van der Waals surface area contributed by atoms with Crippen molar-refractivity contribution in [2.75, 3.05) is 32.0 Å². The number of aryl methyl sites for hydroxylation is 1. The van der Waals surface area contributed by atoms with Gasteiger partial charge in [0.15, 0.2) is 39.7 Å². The van der Waals surface area contributed by atoms with E-state index in [1.807, 2.05) is 12.1 Å². The van der Waals surface area contributed by atoms with Crippen LogP contribution in [0.2, 0.25) is 0 Å². The van der Waals surface area contributed by atoms with Crippen LogP contribution >= 0.6 is 27.7 Å². The quantitative estimate of drug-likeness (QED) is 0.398. The summed E-state index contributed by atoms with van der Waals surface area (Å²) in [5.41, 5.74) is 7.40. The van der Waals surface area contributed by atoms with Crippen molar-refractivity contribution in [3.63, 3.8) is 0 Å². The number of esters is 1. The number of amides is 1. The van der Waals surface area contributed by atoms with Crippen molar-refractivity contribution in [2.45, 2.75) is 55.8 Å². The van der Waals surface area contributed by atoms with Gasteiger partial charge in [0.2, 0.25) is 0 Å². The number of piperidine rings is 1. The number of ether oxygens (including phenoxy) is 3. The van der Waals surface area contributed by atoms with E-state index in [0.29, 0.717) is 67.2 Å². The summed E-state index contributed by atoms with van der Waals surface area (Å²) in [6.45, 7) is 5.94. The maximum Gasteiger partial charge on any atom is 0.303 e. The molecule has 1 amide bonds. The summed E-state index contributed by atoms with van der Waals surface area (Å²) in [5.74, 6) is 1.59. The first-order valence-electron chi connectivity index (χ1n) is 12.5. The number of nitrogens with two attached hydrogens (primary N) is 1. The van der Waals surface area contributed by atoms with E-state index in [9.17, 15) is 9.59 Å². The van der Waals surface area contributed by atoms with Gasteiger partial charge in [-0.3, -0.25) is 9.59 Å². The number of hydrogen-bond donors (Lipinski definition) is 1. The maximum absolute atomic E-state index is 12.6. The molecule has 13 heteroatoms. The number of fused-ring (bicyclic) bond motifs is 2. The molecule has 0 saturated carbocycles. The predicted molar refractivity (Wildman–Crippen MR) is 144 cm³/mol. The van der Waals surface area contributed by atoms with Gasteiger partial charge in [-0.1, -0.05) is 11.8 Å². The molecule has 1 saturated heterocycles. The summed E-state index contributed by atoms with van der Waals surface area (Å²) < 4.78 is 19.5. The molecule has 2 aromatic heterocycles. The molecule has 5 rings (SSSR count). The van der Waals surface area contributed by atoms with E-state index in [1.54, 1.807) is 11.8 Å². The van der Waals surface area contributed by atoms with Crippen LogP contribution in [0.5, 0.6) is 11.5 Å². The molecular weight excluding hydrogens is 576 g/mol. The van der Waals surface area contributed by atoms with E-state index in [-0.39, 0.29) is 5.91 Å². The first kappa shape index (κ1) is 26.5. The molecule has 3 aromatic rings. The zero-order chi connectivity index (χ0) is 26.8. The molecular formula is C25H29BrN6O5S. The van der Waals surface area contributed by atoms with Gasteiger partial charge in [0, 0.05) is 35.9 Å². The van der Waals surface area contributed by atoms with Gasteiger partial charge >= 0.3 is 5.97 Å². The number of benzene rings is 1.